The monoisotopic (exact) mass is 612 g/mol. The van der Waals surface area contributed by atoms with Gasteiger partial charge in [-0.2, -0.15) is 4.98 Å². The fourth-order valence-corrected chi connectivity index (χ4v) is 4.16. The minimum absolute atomic E-state index is 0. The second kappa shape index (κ2) is 21.3. The van der Waals surface area contributed by atoms with Crippen LogP contribution in [0.5, 0.6) is 11.5 Å². The molecule has 3 aromatic rings. The molecule has 1 heterocycles. The molecule has 1 aromatic heterocycles. The standard InChI is InChI=1S/C16H20N2O2.C13H16O3.C3H8N2O.2CH4/c1-5-18-12(3)15(11(2)17-16(18)19)10-13-6-8-14(20-4)9-7-13;1-9(14)13(10(2)15)8-11-4-6-12(16-3)7-5-11;1-2-5-3(4)6;;/h6-9H,5,10H2,1-4H3;4-7,13H,8H2,1-3H3;2H2,1H3,(H3,4,5,6);2*1H4. The summed E-state index contributed by atoms with van der Waals surface area (Å²) in [7, 11) is 3.26. The molecule has 2 aromatic carbocycles. The maximum Gasteiger partial charge on any atom is 0.347 e. The van der Waals surface area contributed by atoms with E-state index in [-0.39, 0.29) is 32.1 Å². The van der Waals surface area contributed by atoms with Gasteiger partial charge < -0.3 is 20.5 Å². The Bertz CT molecular complexity index is 1350. The van der Waals surface area contributed by atoms with Crippen LogP contribution in [0.1, 0.15) is 70.6 Å². The molecule has 0 fully saturated rings. The first-order valence-electron chi connectivity index (χ1n) is 13.7. The molecule has 0 saturated heterocycles. The number of rotatable bonds is 10. The highest BCUT2D eigenvalue weighted by Crippen LogP contribution is 2.18. The van der Waals surface area contributed by atoms with Crippen molar-refractivity contribution in [3.8, 4) is 11.5 Å². The van der Waals surface area contributed by atoms with Crippen molar-refractivity contribution in [2.45, 2.75) is 75.8 Å². The number of ketones is 2. The fourth-order valence-electron chi connectivity index (χ4n) is 4.16. The first-order chi connectivity index (χ1) is 19.9. The molecule has 3 N–H and O–H groups in total. The van der Waals surface area contributed by atoms with Gasteiger partial charge in [0.15, 0.2) is 0 Å². The number of aryl methyl sites for hydroxylation is 1. The van der Waals surface area contributed by atoms with Crippen LogP contribution in [0.3, 0.4) is 0 Å². The molecule has 0 saturated carbocycles. The Morgan fingerprint density at radius 1 is 0.864 bits per heavy atom. The van der Waals surface area contributed by atoms with E-state index in [0.29, 0.717) is 19.5 Å². The van der Waals surface area contributed by atoms with Gasteiger partial charge >= 0.3 is 11.7 Å². The van der Waals surface area contributed by atoms with E-state index in [2.05, 4.69) is 16.0 Å². The van der Waals surface area contributed by atoms with E-state index in [1.807, 2.05) is 76.2 Å². The summed E-state index contributed by atoms with van der Waals surface area (Å²) < 4.78 is 11.9. The van der Waals surface area contributed by atoms with Gasteiger partial charge in [-0.05, 0) is 88.9 Å². The van der Waals surface area contributed by atoms with Gasteiger partial charge in [0.1, 0.15) is 23.1 Å². The zero-order valence-corrected chi connectivity index (χ0v) is 25.9. The number of primary amides is 1. The third-order valence-electron chi connectivity index (χ3n) is 6.56. The molecule has 0 atom stereocenters. The first kappa shape index (κ1) is 41.7. The van der Waals surface area contributed by atoms with Crippen molar-refractivity contribution < 1.29 is 23.9 Å². The number of aromatic nitrogens is 2. The van der Waals surface area contributed by atoms with Crippen molar-refractivity contribution in [2.75, 3.05) is 20.8 Å². The average molecular weight is 613 g/mol. The van der Waals surface area contributed by atoms with Gasteiger partial charge in [0, 0.05) is 30.9 Å². The molecular formula is C34H52N4O6. The number of urea groups is 1. The summed E-state index contributed by atoms with van der Waals surface area (Å²) in [6.07, 6.45) is 1.24. The number of carbonyl (C=O) groups is 3. The number of nitrogens with zero attached hydrogens (tertiary/aromatic N) is 2. The van der Waals surface area contributed by atoms with Crippen molar-refractivity contribution in [2.24, 2.45) is 11.7 Å². The number of hydrogen-bond acceptors (Lipinski definition) is 7. The van der Waals surface area contributed by atoms with Crippen molar-refractivity contribution >= 4 is 17.6 Å². The number of hydrogen-bond donors (Lipinski definition) is 2. The maximum atomic E-state index is 11.8. The van der Waals surface area contributed by atoms with Gasteiger partial charge in [-0.15, -0.1) is 0 Å². The van der Waals surface area contributed by atoms with Crippen LogP contribution in [0.25, 0.3) is 0 Å². The third kappa shape index (κ3) is 13.7. The number of nitrogens with two attached hydrogens (primary N) is 1. The molecule has 44 heavy (non-hydrogen) atoms. The first-order valence-corrected chi connectivity index (χ1v) is 13.7. The van der Waals surface area contributed by atoms with E-state index >= 15 is 0 Å². The van der Waals surface area contributed by atoms with Crippen LogP contribution in [0.15, 0.2) is 53.3 Å². The Balaban J connectivity index is 0. The van der Waals surface area contributed by atoms with Gasteiger partial charge in [0.2, 0.25) is 0 Å². The molecule has 10 heteroatoms. The molecule has 0 radical (unpaired) electrons. The Morgan fingerprint density at radius 2 is 1.32 bits per heavy atom. The van der Waals surface area contributed by atoms with Crippen molar-refractivity contribution in [1.29, 1.82) is 0 Å². The summed E-state index contributed by atoms with van der Waals surface area (Å²) in [5, 5.41) is 2.35. The number of amides is 2. The van der Waals surface area contributed by atoms with Crippen molar-refractivity contribution in [1.82, 2.24) is 14.9 Å². The van der Waals surface area contributed by atoms with Crippen LogP contribution in [-0.4, -0.2) is 47.9 Å². The molecule has 2 amide bonds. The lowest BCUT2D eigenvalue weighted by Gasteiger charge is -2.14. The lowest BCUT2D eigenvalue weighted by atomic mass is 9.93. The summed E-state index contributed by atoms with van der Waals surface area (Å²) in [5.74, 6) is 0.935. The molecule has 0 unspecified atom stereocenters. The lowest BCUT2D eigenvalue weighted by molar-refractivity contribution is -0.130. The number of ether oxygens (including phenoxy) is 2. The smallest absolute Gasteiger partial charge is 0.347 e. The van der Waals surface area contributed by atoms with Gasteiger partial charge in [-0.25, -0.2) is 9.59 Å². The molecular weight excluding hydrogens is 560 g/mol. The highest BCUT2D eigenvalue weighted by atomic mass is 16.5. The summed E-state index contributed by atoms with van der Waals surface area (Å²) >= 11 is 0. The fraction of sp³-hybridized carbons (Fsp3) is 0.441. The summed E-state index contributed by atoms with van der Waals surface area (Å²) in [4.78, 5) is 48.2. The van der Waals surface area contributed by atoms with Gasteiger partial charge in [0.05, 0.1) is 20.1 Å². The highest BCUT2D eigenvalue weighted by molar-refractivity contribution is 6.00. The molecule has 3 rings (SSSR count). The Hall–Kier alpha value is -4.47. The van der Waals surface area contributed by atoms with E-state index in [4.69, 9.17) is 9.47 Å². The molecule has 0 bridgehead atoms. The predicted octanol–water partition coefficient (Wildman–Crippen LogP) is 5.46. The normalized spacial score (nSPS) is 9.57. The Labute approximate surface area is 263 Å². The largest absolute Gasteiger partial charge is 0.497 e. The summed E-state index contributed by atoms with van der Waals surface area (Å²) in [6, 6.07) is 14.9. The van der Waals surface area contributed by atoms with Crippen LogP contribution < -0.4 is 26.2 Å². The Kier molecular flexibility index (Phi) is 20.1. The van der Waals surface area contributed by atoms with Gasteiger partial charge in [0.25, 0.3) is 0 Å². The number of carbonyl (C=O) groups excluding carboxylic acids is 3. The van der Waals surface area contributed by atoms with E-state index in [9.17, 15) is 19.2 Å². The van der Waals surface area contributed by atoms with Crippen LogP contribution in [0.4, 0.5) is 4.79 Å². The van der Waals surface area contributed by atoms with E-state index in [1.165, 1.54) is 19.4 Å². The second-order valence-corrected chi connectivity index (χ2v) is 9.53. The zero-order chi connectivity index (χ0) is 31.8. The van der Waals surface area contributed by atoms with Crippen LogP contribution in [-0.2, 0) is 29.0 Å². The van der Waals surface area contributed by atoms with Gasteiger partial charge in [-0.3, -0.25) is 14.2 Å². The van der Waals surface area contributed by atoms with E-state index < -0.39 is 11.9 Å². The number of nitrogens with one attached hydrogen (secondary N) is 1. The second-order valence-electron chi connectivity index (χ2n) is 9.53. The van der Waals surface area contributed by atoms with E-state index in [1.54, 1.807) is 18.8 Å². The predicted molar refractivity (Wildman–Crippen MR) is 178 cm³/mol. The molecule has 0 aliphatic rings. The number of benzene rings is 2. The molecule has 0 spiro atoms. The van der Waals surface area contributed by atoms with Crippen molar-refractivity contribution in [3.05, 3.63) is 87.1 Å². The van der Waals surface area contributed by atoms with E-state index in [0.717, 1.165) is 40.4 Å². The SMILES string of the molecule is C.C.CCNC(N)=O.CCn1c(C)c(Cc2ccc(OC)cc2)c(C)nc1=O.COc1ccc(CC(C(C)=O)C(C)=O)cc1. The van der Waals surface area contributed by atoms with Crippen LogP contribution in [0, 0.1) is 19.8 Å². The topological polar surface area (TPSA) is 143 Å². The lowest BCUT2D eigenvalue weighted by Crippen LogP contribution is -2.28. The maximum absolute atomic E-state index is 11.8. The van der Waals surface area contributed by atoms with Gasteiger partial charge in [-0.1, -0.05) is 39.1 Å². The minimum Gasteiger partial charge on any atom is -0.497 e. The molecule has 244 valence electrons. The highest BCUT2D eigenvalue weighted by Gasteiger charge is 2.19. The van der Waals surface area contributed by atoms with Crippen LogP contribution >= 0.6 is 0 Å². The molecule has 0 aliphatic heterocycles. The number of Topliss-reactive ketones (excluding diaryl/α,β-unsaturated/α-hetero) is 2. The zero-order valence-electron chi connectivity index (χ0n) is 25.9. The number of methoxy groups -OCH3 is 2. The molecule has 10 nitrogen and oxygen atoms in total. The summed E-state index contributed by atoms with van der Waals surface area (Å²) in [5.41, 5.74) is 9.57. The summed E-state index contributed by atoms with van der Waals surface area (Å²) in [6.45, 7) is 11.8. The minimum atomic E-state index is -0.520. The quantitative estimate of drug-likeness (QED) is 0.290. The van der Waals surface area contributed by atoms with Crippen LogP contribution in [0.2, 0.25) is 0 Å². The average Bonchev–Trinajstić information content (AvgIpc) is 2.95. The molecule has 0 aliphatic carbocycles. The van der Waals surface area contributed by atoms with Crippen molar-refractivity contribution in [3.63, 3.8) is 0 Å². The Morgan fingerprint density at radius 3 is 1.66 bits per heavy atom. The third-order valence-corrected chi connectivity index (χ3v) is 6.56.